The van der Waals surface area contributed by atoms with Crippen LogP contribution >= 0.6 is 24.0 Å². The number of nitrogens with one attached hydrogen (secondary N) is 2. The number of benzene rings is 1. The Balaban J connectivity index is 0.00000306. The van der Waals surface area contributed by atoms with E-state index in [1.165, 1.54) is 31.5 Å². The summed E-state index contributed by atoms with van der Waals surface area (Å²) in [4.78, 5) is 7.61. The molecule has 7 nitrogen and oxygen atoms in total. The average Bonchev–Trinajstić information content (AvgIpc) is 3.52. The third-order valence-electron chi connectivity index (χ3n) is 6.94. The van der Waals surface area contributed by atoms with Gasteiger partial charge in [-0.1, -0.05) is 12.1 Å². The summed E-state index contributed by atoms with van der Waals surface area (Å²) in [6.07, 6.45) is 5.86. The molecule has 3 fully saturated rings. The predicted molar refractivity (Wildman–Crippen MR) is 143 cm³/mol. The van der Waals surface area contributed by atoms with Gasteiger partial charge in [-0.25, -0.2) is 4.99 Å². The lowest BCUT2D eigenvalue weighted by atomic mass is 9.88. The van der Waals surface area contributed by atoms with E-state index in [-0.39, 0.29) is 35.6 Å². The molecule has 1 aromatic rings. The lowest BCUT2D eigenvalue weighted by Crippen LogP contribution is -2.58. The Kier molecular flexibility index (Phi) is 10.5. The quantitative estimate of drug-likeness (QED) is 0.283. The van der Waals surface area contributed by atoms with E-state index in [0.717, 1.165) is 69.4 Å². The molecule has 0 bridgehead atoms. The van der Waals surface area contributed by atoms with Crippen LogP contribution in [-0.2, 0) is 16.0 Å². The molecule has 8 heteroatoms. The number of nitrogens with zero attached hydrogens (tertiary/aromatic N) is 2. The number of ether oxygens (including phenoxy) is 3. The minimum atomic E-state index is 0. The summed E-state index contributed by atoms with van der Waals surface area (Å²) < 4.78 is 17.4. The second-order valence-electron chi connectivity index (χ2n) is 9.29. The molecular weight excluding hydrogens is 531 g/mol. The molecule has 0 aromatic heterocycles. The Bertz CT molecular complexity index is 758. The van der Waals surface area contributed by atoms with E-state index in [1.54, 1.807) is 0 Å². The highest BCUT2D eigenvalue weighted by Crippen LogP contribution is 2.31. The van der Waals surface area contributed by atoms with Crippen LogP contribution in [0.3, 0.4) is 0 Å². The molecular formula is C25H41IN4O3. The molecule has 2 N–H and O–H groups in total. The Labute approximate surface area is 216 Å². The van der Waals surface area contributed by atoms with E-state index >= 15 is 0 Å². The molecule has 3 heterocycles. The fourth-order valence-electron chi connectivity index (χ4n) is 4.99. The van der Waals surface area contributed by atoms with Gasteiger partial charge in [0.2, 0.25) is 0 Å². The summed E-state index contributed by atoms with van der Waals surface area (Å²) in [6, 6.07) is 6.39. The second kappa shape index (κ2) is 13.1. The SMILES string of the molecule is CCNC(=NCc1ccc(C)cc1OC1CCOC1)NCC1(N2CCCC2)CCOCC1.I. The monoisotopic (exact) mass is 572 g/mol. The number of aryl methyl sites for hydroxylation is 1. The van der Waals surface area contributed by atoms with Crippen molar-refractivity contribution in [2.45, 2.75) is 64.1 Å². The molecule has 1 unspecified atom stereocenters. The topological polar surface area (TPSA) is 67.4 Å². The van der Waals surface area contributed by atoms with Gasteiger partial charge in [0.25, 0.3) is 0 Å². The molecule has 3 aliphatic heterocycles. The highest BCUT2D eigenvalue weighted by molar-refractivity contribution is 14.0. The van der Waals surface area contributed by atoms with Crippen LogP contribution < -0.4 is 15.4 Å². The molecule has 0 spiro atoms. The zero-order valence-corrected chi connectivity index (χ0v) is 22.6. The number of hydrogen-bond donors (Lipinski definition) is 2. The first-order valence-electron chi connectivity index (χ1n) is 12.4. The van der Waals surface area contributed by atoms with Gasteiger partial charge in [0, 0.05) is 43.8 Å². The summed E-state index contributed by atoms with van der Waals surface area (Å²) in [7, 11) is 0. The smallest absolute Gasteiger partial charge is 0.191 e. The summed E-state index contributed by atoms with van der Waals surface area (Å²) >= 11 is 0. The number of hydrogen-bond acceptors (Lipinski definition) is 5. The van der Waals surface area contributed by atoms with Crippen molar-refractivity contribution >= 4 is 29.9 Å². The molecule has 0 radical (unpaired) electrons. The fourth-order valence-corrected chi connectivity index (χ4v) is 4.99. The lowest BCUT2D eigenvalue weighted by Gasteiger charge is -2.45. The van der Waals surface area contributed by atoms with Crippen LogP contribution in [0.5, 0.6) is 5.75 Å². The van der Waals surface area contributed by atoms with Crippen LogP contribution in [0.2, 0.25) is 0 Å². The maximum Gasteiger partial charge on any atom is 0.191 e. The molecule has 0 amide bonds. The number of rotatable bonds is 8. The van der Waals surface area contributed by atoms with Crippen molar-refractivity contribution in [1.82, 2.24) is 15.5 Å². The average molecular weight is 573 g/mol. The predicted octanol–water partition coefficient (Wildman–Crippen LogP) is 3.48. The van der Waals surface area contributed by atoms with Gasteiger partial charge in [0.05, 0.1) is 19.8 Å². The Morgan fingerprint density at radius 1 is 1.15 bits per heavy atom. The normalized spacial score (nSPS) is 23.2. The van der Waals surface area contributed by atoms with Gasteiger partial charge in [-0.2, -0.15) is 0 Å². The largest absolute Gasteiger partial charge is 0.488 e. The fraction of sp³-hybridized carbons (Fsp3) is 0.720. The van der Waals surface area contributed by atoms with Crippen LogP contribution in [0.25, 0.3) is 0 Å². The molecule has 186 valence electrons. The molecule has 1 atom stereocenters. The summed E-state index contributed by atoms with van der Waals surface area (Å²) in [5.74, 6) is 1.80. The van der Waals surface area contributed by atoms with Crippen molar-refractivity contribution < 1.29 is 14.2 Å². The van der Waals surface area contributed by atoms with Crippen molar-refractivity contribution in [3.8, 4) is 5.75 Å². The number of likely N-dealkylation sites (tertiary alicyclic amines) is 1. The molecule has 3 aliphatic rings. The number of aliphatic imine (C=N–C) groups is 1. The number of guanidine groups is 1. The minimum absolute atomic E-state index is 0. The Morgan fingerprint density at radius 3 is 2.64 bits per heavy atom. The molecule has 0 saturated carbocycles. The van der Waals surface area contributed by atoms with Crippen molar-refractivity contribution in [2.24, 2.45) is 4.99 Å². The lowest BCUT2D eigenvalue weighted by molar-refractivity contribution is -0.0164. The van der Waals surface area contributed by atoms with Gasteiger partial charge in [0.15, 0.2) is 5.96 Å². The van der Waals surface area contributed by atoms with Gasteiger partial charge in [-0.15, -0.1) is 24.0 Å². The van der Waals surface area contributed by atoms with E-state index in [1.807, 2.05) is 0 Å². The van der Waals surface area contributed by atoms with Gasteiger partial charge < -0.3 is 24.8 Å². The summed E-state index contributed by atoms with van der Waals surface area (Å²) in [5, 5.41) is 7.10. The minimum Gasteiger partial charge on any atom is -0.488 e. The van der Waals surface area contributed by atoms with E-state index < -0.39 is 0 Å². The molecule has 33 heavy (non-hydrogen) atoms. The third-order valence-corrected chi connectivity index (χ3v) is 6.94. The van der Waals surface area contributed by atoms with E-state index in [0.29, 0.717) is 13.2 Å². The molecule has 0 aliphatic carbocycles. The van der Waals surface area contributed by atoms with Gasteiger partial charge in [-0.3, -0.25) is 4.90 Å². The zero-order valence-electron chi connectivity index (χ0n) is 20.2. The van der Waals surface area contributed by atoms with Crippen LogP contribution in [0.1, 0.15) is 50.2 Å². The van der Waals surface area contributed by atoms with E-state index in [2.05, 4.69) is 47.6 Å². The van der Waals surface area contributed by atoms with Gasteiger partial charge in [-0.05, 0) is 64.3 Å². The second-order valence-corrected chi connectivity index (χ2v) is 9.29. The first-order chi connectivity index (χ1) is 15.7. The number of halogens is 1. The van der Waals surface area contributed by atoms with Crippen LogP contribution in [0, 0.1) is 6.92 Å². The maximum absolute atomic E-state index is 6.26. The third kappa shape index (κ3) is 7.19. The van der Waals surface area contributed by atoms with E-state index in [9.17, 15) is 0 Å². The van der Waals surface area contributed by atoms with Crippen LogP contribution in [-0.4, -0.2) is 75.1 Å². The van der Waals surface area contributed by atoms with Crippen LogP contribution in [0.4, 0.5) is 0 Å². The van der Waals surface area contributed by atoms with Gasteiger partial charge >= 0.3 is 0 Å². The van der Waals surface area contributed by atoms with E-state index in [4.69, 9.17) is 19.2 Å². The molecule has 1 aromatic carbocycles. The van der Waals surface area contributed by atoms with Crippen molar-refractivity contribution in [3.05, 3.63) is 29.3 Å². The van der Waals surface area contributed by atoms with Crippen molar-refractivity contribution in [2.75, 3.05) is 52.6 Å². The van der Waals surface area contributed by atoms with Crippen LogP contribution in [0.15, 0.2) is 23.2 Å². The Hall–Kier alpha value is -1.10. The van der Waals surface area contributed by atoms with Gasteiger partial charge in [0.1, 0.15) is 11.9 Å². The zero-order chi connectivity index (χ0) is 22.2. The first-order valence-corrected chi connectivity index (χ1v) is 12.4. The molecule has 3 saturated heterocycles. The van der Waals surface area contributed by atoms with Crippen molar-refractivity contribution in [3.63, 3.8) is 0 Å². The highest BCUT2D eigenvalue weighted by atomic mass is 127. The maximum atomic E-state index is 6.26. The van der Waals surface area contributed by atoms with Crippen molar-refractivity contribution in [1.29, 1.82) is 0 Å². The standard InChI is InChI=1S/C25H40N4O3.HI/c1-3-26-24(28-19-25(9-14-30-15-10-25)29-11-4-5-12-29)27-17-21-7-6-20(2)16-23(21)32-22-8-13-31-18-22;/h6-7,16,22H,3-5,8-15,17-19H2,1-2H3,(H2,26,27,28);1H. The summed E-state index contributed by atoms with van der Waals surface area (Å²) in [5.41, 5.74) is 2.48. The summed E-state index contributed by atoms with van der Waals surface area (Å²) in [6.45, 7) is 12.1. The Morgan fingerprint density at radius 2 is 1.94 bits per heavy atom. The molecule has 4 rings (SSSR count). The highest BCUT2D eigenvalue weighted by Gasteiger charge is 2.39. The first kappa shape index (κ1) is 26.5.